The van der Waals surface area contributed by atoms with Gasteiger partial charge in [0.2, 0.25) is 0 Å². The van der Waals surface area contributed by atoms with Crippen LogP contribution in [0.4, 0.5) is 0 Å². The van der Waals surface area contributed by atoms with Crippen LogP contribution in [-0.4, -0.2) is 20.3 Å². The molecule has 3 nitrogen and oxygen atoms in total. The van der Waals surface area contributed by atoms with E-state index in [-0.39, 0.29) is 18.4 Å². The van der Waals surface area contributed by atoms with Crippen molar-refractivity contribution in [1.82, 2.24) is 0 Å². The first-order chi connectivity index (χ1) is 7.62. The molecule has 1 aromatic carbocycles. The average Bonchev–Trinajstić information content (AvgIpc) is 2.30. The Morgan fingerprint density at radius 2 is 1.82 bits per heavy atom. The van der Waals surface area contributed by atoms with Crippen molar-refractivity contribution >= 4 is 24.0 Å². The summed E-state index contributed by atoms with van der Waals surface area (Å²) in [5, 5.41) is 0.549. The summed E-state index contributed by atoms with van der Waals surface area (Å²) in [5.74, 6) is 1.41. The minimum Gasteiger partial charge on any atom is -0.496 e. The van der Waals surface area contributed by atoms with Gasteiger partial charge in [-0.15, -0.1) is 12.4 Å². The molecule has 1 rings (SSSR count). The molecule has 5 heteroatoms. The molecular weight excluding hydrogens is 261 g/mol. The third-order valence-corrected chi connectivity index (χ3v) is 2.86. The molecule has 0 amide bonds. The predicted molar refractivity (Wildman–Crippen MR) is 73.8 cm³/mol. The zero-order valence-corrected chi connectivity index (χ0v) is 11.9. The van der Waals surface area contributed by atoms with Crippen LogP contribution < -0.4 is 15.2 Å². The Hall–Kier alpha value is -0.640. The SMILES string of the molecule is CCC(N)Cc1cc(OC)c(Cl)cc1OC.Cl. The molecular formula is C12H19Cl2NO2. The second kappa shape index (κ2) is 7.64. The zero-order valence-electron chi connectivity index (χ0n) is 10.3. The van der Waals surface area contributed by atoms with Gasteiger partial charge in [0.25, 0.3) is 0 Å². The summed E-state index contributed by atoms with van der Waals surface area (Å²) in [5.41, 5.74) is 6.95. The molecule has 0 aliphatic carbocycles. The van der Waals surface area contributed by atoms with E-state index in [0.717, 1.165) is 24.2 Å². The van der Waals surface area contributed by atoms with Gasteiger partial charge >= 0.3 is 0 Å². The second-order valence-electron chi connectivity index (χ2n) is 3.67. The lowest BCUT2D eigenvalue weighted by molar-refractivity contribution is 0.397. The molecule has 0 spiro atoms. The van der Waals surface area contributed by atoms with E-state index in [1.165, 1.54) is 0 Å². The Morgan fingerprint density at radius 3 is 2.29 bits per heavy atom. The Morgan fingerprint density at radius 1 is 1.24 bits per heavy atom. The molecule has 0 aromatic heterocycles. The monoisotopic (exact) mass is 279 g/mol. The highest BCUT2D eigenvalue weighted by Crippen LogP contribution is 2.33. The molecule has 1 aromatic rings. The fourth-order valence-electron chi connectivity index (χ4n) is 1.51. The molecule has 0 aliphatic rings. The van der Waals surface area contributed by atoms with Crippen LogP contribution in [0.5, 0.6) is 11.5 Å². The largest absolute Gasteiger partial charge is 0.496 e. The lowest BCUT2D eigenvalue weighted by atomic mass is 10.0. The third-order valence-electron chi connectivity index (χ3n) is 2.56. The Kier molecular flexibility index (Phi) is 7.35. The Balaban J connectivity index is 0.00000256. The predicted octanol–water partition coefficient (Wildman–Crippen LogP) is 3.06. The van der Waals surface area contributed by atoms with E-state index < -0.39 is 0 Å². The van der Waals surface area contributed by atoms with Crippen molar-refractivity contribution < 1.29 is 9.47 Å². The standard InChI is InChI=1S/C12H18ClNO2.ClH/c1-4-9(14)5-8-6-12(16-3)10(13)7-11(8)15-2;/h6-7,9H,4-5,14H2,1-3H3;1H. The number of hydrogen-bond donors (Lipinski definition) is 1. The van der Waals surface area contributed by atoms with Gasteiger partial charge in [-0.05, 0) is 24.5 Å². The molecule has 98 valence electrons. The second-order valence-corrected chi connectivity index (χ2v) is 4.08. The topological polar surface area (TPSA) is 44.5 Å². The molecule has 0 bridgehead atoms. The van der Waals surface area contributed by atoms with Crippen LogP contribution in [0.1, 0.15) is 18.9 Å². The van der Waals surface area contributed by atoms with Gasteiger partial charge in [-0.3, -0.25) is 0 Å². The van der Waals surface area contributed by atoms with Gasteiger partial charge in [0.05, 0.1) is 19.2 Å². The van der Waals surface area contributed by atoms with E-state index in [2.05, 4.69) is 6.92 Å². The van der Waals surface area contributed by atoms with Crippen LogP contribution in [0.2, 0.25) is 5.02 Å². The Labute approximate surface area is 114 Å². The van der Waals surface area contributed by atoms with Crippen molar-refractivity contribution in [2.75, 3.05) is 14.2 Å². The summed E-state index contributed by atoms with van der Waals surface area (Å²) >= 11 is 6.01. The van der Waals surface area contributed by atoms with Gasteiger partial charge in [-0.1, -0.05) is 18.5 Å². The van der Waals surface area contributed by atoms with Gasteiger partial charge in [-0.25, -0.2) is 0 Å². The van der Waals surface area contributed by atoms with Crippen molar-refractivity contribution in [1.29, 1.82) is 0 Å². The van der Waals surface area contributed by atoms with E-state index in [4.69, 9.17) is 26.8 Å². The summed E-state index contributed by atoms with van der Waals surface area (Å²) in [6, 6.07) is 3.77. The molecule has 0 heterocycles. The lowest BCUT2D eigenvalue weighted by Crippen LogP contribution is -2.21. The van der Waals surface area contributed by atoms with Crippen molar-refractivity contribution in [3.63, 3.8) is 0 Å². The Bertz CT molecular complexity index is 359. The molecule has 17 heavy (non-hydrogen) atoms. The smallest absolute Gasteiger partial charge is 0.137 e. The summed E-state index contributed by atoms with van der Waals surface area (Å²) in [6.45, 7) is 2.06. The number of methoxy groups -OCH3 is 2. The number of nitrogens with two attached hydrogens (primary N) is 1. The van der Waals surface area contributed by atoms with E-state index in [1.807, 2.05) is 6.07 Å². The highest BCUT2D eigenvalue weighted by Gasteiger charge is 2.12. The molecule has 0 aliphatic heterocycles. The molecule has 1 unspecified atom stereocenters. The van der Waals surface area contributed by atoms with Gasteiger partial charge < -0.3 is 15.2 Å². The summed E-state index contributed by atoms with van der Waals surface area (Å²) in [4.78, 5) is 0. The number of benzene rings is 1. The quantitative estimate of drug-likeness (QED) is 0.901. The molecule has 0 radical (unpaired) electrons. The number of hydrogen-bond acceptors (Lipinski definition) is 3. The van der Waals surface area contributed by atoms with E-state index in [9.17, 15) is 0 Å². The van der Waals surface area contributed by atoms with Gasteiger partial charge in [0, 0.05) is 12.1 Å². The average molecular weight is 280 g/mol. The van der Waals surface area contributed by atoms with E-state index >= 15 is 0 Å². The van der Waals surface area contributed by atoms with Crippen LogP contribution in [0, 0.1) is 0 Å². The minimum atomic E-state index is 0. The first-order valence-corrected chi connectivity index (χ1v) is 5.66. The van der Waals surface area contributed by atoms with Crippen LogP contribution in [-0.2, 0) is 6.42 Å². The number of ether oxygens (including phenoxy) is 2. The maximum atomic E-state index is 6.01. The molecule has 0 fully saturated rings. The van der Waals surface area contributed by atoms with Gasteiger partial charge in [-0.2, -0.15) is 0 Å². The zero-order chi connectivity index (χ0) is 12.1. The molecule has 1 atom stereocenters. The van der Waals surface area contributed by atoms with E-state index in [0.29, 0.717) is 10.8 Å². The highest BCUT2D eigenvalue weighted by atomic mass is 35.5. The minimum absolute atomic E-state index is 0. The van der Waals surface area contributed by atoms with Crippen LogP contribution in [0.25, 0.3) is 0 Å². The molecule has 0 saturated carbocycles. The van der Waals surface area contributed by atoms with Crippen molar-refractivity contribution in [3.05, 3.63) is 22.7 Å². The van der Waals surface area contributed by atoms with Crippen molar-refractivity contribution in [2.24, 2.45) is 5.73 Å². The van der Waals surface area contributed by atoms with Gasteiger partial charge in [0.15, 0.2) is 0 Å². The fourth-order valence-corrected chi connectivity index (χ4v) is 1.74. The summed E-state index contributed by atoms with van der Waals surface area (Å²) in [7, 11) is 3.22. The maximum Gasteiger partial charge on any atom is 0.137 e. The van der Waals surface area contributed by atoms with Crippen molar-refractivity contribution in [3.8, 4) is 11.5 Å². The summed E-state index contributed by atoms with van der Waals surface area (Å²) < 4.78 is 10.4. The maximum absolute atomic E-state index is 6.01. The van der Waals surface area contributed by atoms with Gasteiger partial charge in [0.1, 0.15) is 11.5 Å². The number of halogens is 2. The normalized spacial score (nSPS) is 11.6. The molecule has 0 saturated heterocycles. The van der Waals surface area contributed by atoms with E-state index in [1.54, 1.807) is 20.3 Å². The lowest BCUT2D eigenvalue weighted by Gasteiger charge is -2.14. The first-order valence-electron chi connectivity index (χ1n) is 5.28. The highest BCUT2D eigenvalue weighted by molar-refractivity contribution is 6.32. The third kappa shape index (κ3) is 4.26. The van der Waals surface area contributed by atoms with Crippen LogP contribution in [0.15, 0.2) is 12.1 Å². The molecule has 2 N–H and O–H groups in total. The summed E-state index contributed by atoms with van der Waals surface area (Å²) in [6.07, 6.45) is 1.68. The number of rotatable bonds is 5. The van der Waals surface area contributed by atoms with Crippen LogP contribution in [0.3, 0.4) is 0 Å². The fraction of sp³-hybridized carbons (Fsp3) is 0.500. The first kappa shape index (κ1) is 16.4. The van der Waals surface area contributed by atoms with Crippen molar-refractivity contribution in [2.45, 2.75) is 25.8 Å². The van der Waals surface area contributed by atoms with Crippen LogP contribution >= 0.6 is 24.0 Å².